The van der Waals surface area contributed by atoms with Crippen LogP contribution in [-0.4, -0.2) is 12.6 Å². The van der Waals surface area contributed by atoms with Gasteiger partial charge in [-0.15, -0.1) is 0 Å². The number of nitrogen functional groups attached to an aromatic ring is 1. The van der Waals surface area contributed by atoms with E-state index in [1.807, 2.05) is 0 Å². The van der Waals surface area contributed by atoms with Gasteiger partial charge >= 0.3 is 0 Å². The normalized spacial score (nSPS) is 27.2. The van der Waals surface area contributed by atoms with Crippen LogP contribution in [0.15, 0.2) is 12.1 Å². The Balaban J connectivity index is 1.93. The van der Waals surface area contributed by atoms with Gasteiger partial charge in [0.25, 0.3) is 0 Å². The Bertz CT molecular complexity index is 475. The molecule has 19 heavy (non-hydrogen) atoms. The largest absolute Gasteiger partial charge is 0.397 e. The highest BCUT2D eigenvalue weighted by molar-refractivity contribution is 6.31. The molecular formula is C15H20ClFN2. The molecule has 1 heterocycles. The lowest BCUT2D eigenvalue weighted by Crippen LogP contribution is -2.47. The first-order valence-electron chi connectivity index (χ1n) is 7.18. The van der Waals surface area contributed by atoms with Gasteiger partial charge in [-0.25, -0.2) is 4.39 Å². The second-order valence-corrected chi connectivity index (χ2v) is 6.18. The molecule has 0 spiro atoms. The molecule has 0 bridgehead atoms. The average molecular weight is 283 g/mol. The van der Waals surface area contributed by atoms with E-state index in [0.29, 0.717) is 11.7 Å². The molecule has 2 unspecified atom stereocenters. The van der Waals surface area contributed by atoms with Crippen LogP contribution in [0.4, 0.5) is 15.8 Å². The van der Waals surface area contributed by atoms with E-state index in [4.69, 9.17) is 17.3 Å². The van der Waals surface area contributed by atoms with Crippen LogP contribution in [0.2, 0.25) is 5.02 Å². The number of hydrogen-bond acceptors (Lipinski definition) is 2. The molecule has 4 heteroatoms. The second-order valence-electron chi connectivity index (χ2n) is 5.77. The standard InChI is InChI=1S/C15H20ClFN2/c16-11-8-15(13(18)9-12(11)17)19-7-3-5-10-4-1-2-6-14(10)19/h8-10,14H,1-7,18H2. The number of benzene rings is 1. The molecule has 0 aromatic heterocycles. The smallest absolute Gasteiger partial charge is 0.143 e. The van der Waals surface area contributed by atoms with Crippen LogP contribution in [0.3, 0.4) is 0 Å². The maximum Gasteiger partial charge on any atom is 0.143 e. The van der Waals surface area contributed by atoms with Crippen LogP contribution in [0.5, 0.6) is 0 Å². The summed E-state index contributed by atoms with van der Waals surface area (Å²) in [5.41, 5.74) is 7.43. The van der Waals surface area contributed by atoms with Crippen molar-refractivity contribution in [3.63, 3.8) is 0 Å². The highest BCUT2D eigenvalue weighted by atomic mass is 35.5. The van der Waals surface area contributed by atoms with E-state index in [0.717, 1.165) is 18.2 Å². The molecule has 1 saturated heterocycles. The molecule has 3 rings (SSSR count). The molecule has 2 nitrogen and oxygen atoms in total. The highest BCUT2D eigenvalue weighted by Crippen LogP contribution is 2.40. The Labute approximate surface area is 118 Å². The molecule has 0 amide bonds. The number of nitrogens with zero attached hydrogens (tertiary/aromatic N) is 1. The third-order valence-electron chi connectivity index (χ3n) is 4.62. The molecule has 1 saturated carbocycles. The number of anilines is 2. The molecular weight excluding hydrogens is 263 g/mol. The Morgan fingerprint density at radius 2 is 1.89 bits per heavy atom. The van der Waals surface area contributed by atoms with Crippen molar-refractivity contribution in [1.82, 2.24) is 0 Å². The molecule has 0 radical (unpaired) electrons. The van der Waals surface area contributed by atoms with E-state index < -0.39 is 5.82 Å². The zero-order chi connectivity index (χ0) is 13.4. The van der Waals surface area contributed by atoms with Crippen molar-refractivity contribution < 1.29 is 4.39 Å². The Morgan fingerprint density at radius 1 is 1.16 bits per heavy atom. The van der Waals surface area contributed by atoms with Crippen LogP contribution in [0, 0.1) is 11.7 Å². The van der Waals surface area contributed by atoms with E-state index in [1.54, 1.807) is 6.07 Å². The molecule has 2 atom stereocenters. The summed E-state index contributed by atoms with van der Waals surface area (Å²) in [5.74, 6) is 0.339. The maximum atomic E-state index is 13.4. The highest BCUT2D eigenvalue weighted by Gasteiger charge is 2.34. The third-order valence-corrected chi connectivity index (χ3v) is 4.91. The number of fused-ring (bicyclic) bond motifs is 1. The summed E-state index contributed by atoms with van der Waals surface area (Å²) in [6.45, 7) is 1.01. The monoisotopic (exact) mass is 282 g/mol. The fourth-order valence-electron chi connectivity index (χ4n) is 3.72. The van der Waals surface area contributed by atoms with Crippen molar-refractivity contribution in [3.8, 4) is 0 Å². The fraction of sp³-hybridized carbons (Fsp3) is 0.600. The van der Waals surface area contributed by atoms with Crippen molar-refractivity contribution in [1.29, 1.82) is 0 Å². The van der Waals surface area contributed by atoms with Gasteiger partial charge in [-0.2, -0.15) is 0 Å². The van der Waals surface area contributed by atoms with E-state index >= 15 is 0 Å². The molecule has 1 aromatic carbocycles. The number of halogens is 2. The summed E-state index contributed by atoms with van der Waals surface area (Å²) in [5, 5.41) is 0.169. The van der Waals surface area contributed by atoms with E-state index in [9.17, 15) is 4.39 Å². The van der Waals surface area contributed by atoms with Crippen LogP contribution < -0.4 is 10.6 Å². The van der Waals surface area contributed by atoms with Gasteiger partial charge in [0.15, 0.2) is 0 Å². The molecule has 1 aromatic rings. The second kappa shape index (κ2) is 5.20. The Morgan fingerprint density at radius 3 is 2.74 bits per heavy atom. The van der Waals surface area contributed by atoms with Gasteiger partial charge in [0.2, 0.25) is 0 Å². The first kappa shape index (κ1) is 13.0. The summed E-state index contributed by atoms with van der Waals surface area (Å²) in [6, 6.07) is 3.61. The minimum Gasteiger partial charge on any atom is -0.397 e. The summed E-state index contributed by atoms with van der Waals surface area (Å²) < 4.78 is 13.4. The van der Waals surface area contributed by atoms with Gasteiger partial charge in [-0.05, 0) is 37.7 Å². The van der Waals surface area contributed by atoms with Gasteiger partial charge in [0.1, 0.15) is 5.82 Å². The number of piperidine rings is 1. The summed E-state index contributed by atoms with van der Waals surface area (Å²) in [7, 11) is 0. The molecule has 104 valence electrons. The summed E-state index contributed by atoms with van der Waals surface area (Å²) in [6.07, 6.45) is 7.67. The van der Waals surface area contributed by atoms with Gasteiger partial charge in [-0.1, -0.05) is 24.4 Å². The average Bonchev–Trinajstić information content (AvgIpc) is 2.42. The van der Waals surface area contributed by atoms with Crippen molar-refractivity contribution in [2.45, 2.75) is 44.6 Å². The van der Waals surface area contributed by atoms with Gasteiger partial charge in [0, 0.05) is 18.7 Å². The Hall–Kier alpha value is -0.960. The summed E-state index contributed by atoms with van der Waals surface area (Å²) in [4.78, 5) is 2.37. The number of hydrogen-bond donors (Lipinski definition) is 1. The van der Waals surface area contributed by atoms with E-state index in [-0.39, 0.29) is 5.02 Å². The zero-order valence-electron chi connectivity index (χ0n) is 11.0. The quantitative estimate of drug-likeness (QED) is 0.782. The lowest BCUT2D eigenvalue weighted by Gasteiger charge is -2.45. The van der Waals surface area contributed by atoms with Crippen molar-refractivity contribution in [2.24, 2.45) is 5.92 Å². The molecule has 1 aliphatic heterocycles. The van der Waals surface area contributed by atoms with Crippen LogP contribution in [-0.2, 0) is 0 Å². The lowest BCUT2D eigenvalue weighted by molar-refractivity contribution is 0.244. The fourth-order valence-corrected chi connectivity index (χ4v) is 3.88. The third kappa shape index (κ3) is 2.40. The van der Waals surface area contributed by atoms with Gasteiger partial charge in [-0.3, -0.25) is 0 Å². The van der Waals surface area contributed by atoms with Crippen LogP contribution in [0.25, 0.3) is 0 Å². The Kier molecular flexibility index (Phi) is 3.57. The first-order chi connectivity index (χ1) is 9.16. The SMILES string of the molecule is Nc1cc(F)c(Cl)cc1N1CCCC2CCCCC21. The van der Waals surface area contributed by atoms with Crippen LogP contribution in [0.1, 0.15) is 38.5 Å². The topological polar surface area (TPSA) is 29.3 Å². The minimum absolute atomic E-state index is 0.169. The van der Waals surface area contributed by atoms with E-state index in [1.165, 1.54) is 44.6 Å². The minimum atomic E-state index is -0.430. The van der Waals surface area contributed by atoms with Crippen LogP contribution >= 0.6 is 11.6 Å². The van der Waals surface area contributed by atoms with Crippen molar-refractivity contribution in [2.75, 3.05) is 17.2 Å². The zero-order valence-corrected chi connectivity index (χ0v) is 11.8. The van der Waals surface area contributed by atoms with Gasteiger partial charge in [0.05, 0.1) is 16.4 Å². The number of nitrogens with two attached hydrogens (primary N) is 1. The van der Waals surface area contributed by atoms with Crippen molar-refractivity contribution >= 4 is 23.0 Å². The maximum absolute atomic E-state index is 13.4. The number of rotatable bonds is 1. The predicted octanol–water partition coefficient (Wildman–Crippen LogP) is 4.22. The molecule has 2 N–H and O–H groups in total. The molecule has 2 fully saturated rings. The lowest BCUT2D eigenvalue weighted by atomic mass is 9.78. The molecule has 2 aliphatic rings. The van der Waals surface area contributed by atoms with E-state index in [2.05, 4.69) is 4.90 Å². The van der Waals surface area contributed by atoms with Crippen molar-refractivity contribution in [3.05, 3.63) is 23.0 Å². The predicted molar refractivity (Wildman–Crippen MR) is 78.1 cm³/mol. The van der Waals surface area contributed by atoms with Gasteiger partial charge < -0.3 is 10.6 Å². The first-order valence-corrected chi connectivity index (χ1v) is 7.56. The summed E-state index contributed by atoms with van der Waals surface area (Å²) >= 11 is 5.92. The molecule has 1 aliphatic carbocycles.